The Morgan fingerprint density at radius 1 is 1.08 bits per heavy atom. The molecule has 0 atom stereocenters. The molecular formula is C18H19NO6S. The third-order valence-electron chi connectivity index (χ3n) is 3.53. The van der Waals surface area contributed by atoms with Gasteiger partial charge < -0.3 is 9.84 Å². The minimum Gasteiger partial charge on any atom is -0.481 e. The van der Waals surface area contributed by atoms with Gasteiger partial charge in [-0.15, -0.1) is 0 Å². The maximum absolute atomic E-state index is 12.6. The second-order valence-electron chi connectivity index (χ2n) is 5.41. The zero-order valence-corrected chi connectivity index (χ0v) is 15.0. The monoisotopic (exact) mass is 377 g/mol. The highest BCUT2D eigenvalue weighted by Gasteiger charge is 2.19. The predicted octanol–water partition coefficient (Wildman–Crippen LogP) is 2.68. The van der Waals surface area contributed by atoms with Gasteiger partial charge in [-0.05, 0) is 43.2 Å². The lowest BCUT2D eigenvalue weighted by Gasteiger charge is -2.12. The van der Waals surface area contributed by atoms with Crippen molar-refractivity contribution in [2.75, 3.05) is 11.3 Å². The molecule has 0 saturated carbocycles. The first-order chi connectivity index (χ1) is 12.3. The molecule has 0 saturated heterocycles. The largest absolute Gasteiger partial charge is 0.481 e. The third-order valence-corrected chi connectivity index (χ3v) is 4.91. The van der Waals surface area contributed by atoms with Gasteiger partial charge in [-0.25, -0.2) is 13.2 Å². The smallest absolute Gasteiger partial charge is 0.340 e. The molecule has 0 fully saturated rings. The first-order valence-electron chi connectivity index (χ1n) is 7.93. The number of hydrogen-bond donors (Lipinski definition) is 2. The van der Waals surface area contributed by atoms with Crippen LogP contribution in [-0.2, 0) is 26.0 Å². The Balaban J connectivity index is 2.21. The number of ether oxygens (including phenoxy) is 1. The van der Waals surface area contributed by atoms with Gasteiger partial charge in [-0.1, -0.05) is 24.3 Å². The molecule has 2 aromatic rings. The van der Waals surface area contributed by atoms with Gasteiger partial charge in [0.15, 0.2) is 0 Å². The normalized spacial score (nSPS) is 11.0. The van der Waals surface area contributed by atoms with Crippen molar-refractivity contribution >= 4 is 27.6 Å². The number of carboxylic acids is 1. The van der Waals surface area contributed by atoms with Crippen LogP contribution in [0.3, 0.4) is 0 Å². The van der Waals surface area contributed by atoms with Crippen LogP contribution in [0.5, 0.6) is 0 Å². The third kappa shape index (κ3) is 5.06. The molecule has 0 bridgehead atoms. The number of esters is 1. The average Bonchev–Trinajstić information content (AvgIpc) is 2.60. The summed E-state index contributed by atoms with van der Waals surface area (Å²) in [6.07, 6.45) is 0.284. The second kappa shape index (κ2) is 8.48. The Kier molecular flexibility index (Phi) is 6.35. The van der Waals surface area contributed by atoms with Gasteiger partial charge in [0.2, 0.25) is 0 Å². The lowest BCUT2D eigenvalue weighted by Crippen LogP contribution is -2.16. The summed E-state index contributed by atoms with van der Waals surface area (Å²) < 4.78 is 32.4. The standard InChI is InChI=1S/C18H19NO6S/c1-2-25-18(22)15-5-3-4-6-16(15)19-26(23,24)14-10-7-13(8-11-14)9-12-17(20)21/h3-8,10-11,19H,2,9,12H2,1H3,(H,20,21). The number of aliphatic carboxylic acids is 1. The fourth-order valence-corrected chi connectivity index (χ4v) is 3.33. The van der Waals surface area contributed by atoms with E-state index in [9.17, 15) is 18.0 Å². The van der Waals surface area contributed by atoms with Crippen LogP contribution in [0.4, 0.5) is 5.69 Å². The molecule has 0 aliphatic rings. The van der Waals surface area contributed by atoms with Crippen LogP contribution in [0.2, 0.25) is 0 Å². The van der Waals surface area contributed by atoms with E-state index in [1.54, 1.807) is 31.2 Å². The summed E-state index contributed by atoms with van der Waals surface area (Å²) in [5, 5.41) is 8.69. The number of sulfonamides is 1. The topological polar surface area (TPSA) is 110 Å². The van der Waals surface area contributed by atoms with E-state index in [2.05, 4.69) is 4.72 Å². The number of carboxylic acid groups (broad SMARTS) is 1. The fraction of sp³-hybridized carbons (Fsp3) is 0.222. The van der Waals surface area contributed by atoms with Crippen molar-refractivity contribution in [1.82, 2.24) is 0 Å². The minimum atomic E-state index is -3.91. The Morgan fingerprint density at radius 3 is 2.35 bits per heavy atom. The maximum atomic E-state index is 12.6. The van der Waals surface area contributed by atoms with E-state index in [4.69, 9.17) is 9.84 Å². The average molecular weight is 377 g/mol. The molecule has 26 heavy (non-hydrogen) atoms. The van der Waals surface area contributed by atoms with Crippen molar-refractivity contribution in [2.24, 2.45) is 0 Å². The zero-order chi connectivity index (χ0) is 19.2. The molecule has 0 heterocycles. The van der Waals surface area contributed by atoms with Gasteiger partial charge >= 0.3 is 11.9 Å². The van der Waals surface area contributed by atoms with Gasteiger partial charge in [0.1, 0.15) is 0 Å². The van der Waals surface area contributed by atoms with Crippen LogP contribution in [0, 0.1) is 0 Å². The predicted molar refractivity (Wildman–Crippen MR) is 95.6 cm³/mol. The molecule has 138 valence electrons. The number of benzene rings is 2. The fourth-order valence-electron chi connectivity index (χ4n) is 2.25. The first kappa shape index (κ1) is 19.5. The number of para-hydroxylation sites is 1. The number of nitrogens with one attached hydrogen (secondary N) is 1. The van der Waals surface area contributed by atoms with E-state index in [1.165, 1.54) is 24.3 Å². The molecule has 2 rings (SSSR count). The Bertz CT molecular complexity index is 890. The molecule has 2 aromatic carbocycles. The van der Waals surface area contributed by atoms with E-state index in [1.807, 2.05) is 0 Å². The zero-order valence-electron chi connectivity index (χ0n) is 14.1. The Hall–Kier alpha value is -2.87. The maximum Gasteiger partial charge on any atom is 0.340 e. The van der Waals surface area contributed by atoms with Gasteiger partial charge in [0.25, 0.3) is 10.0 Å². The molecule has 7 nitrogen and oxygen atoms in total. The lowest BCUT2D eigenvalue weighted by molar-refractivity contribution is -0.136. The van der Waals surface area contributed by atoms with Crippen molar-refractivity contribution in [3.63, 3.8) is 0 Å². The Labute approximate surface area is 151 Å². The first-order valence-corrected chi connectivity index (χ1v) is 9.41. The number of rotatable bonds is 8. The minimum absolute atomic E-state index is 0.00948. The molecule has 0 spiro atoms. The summed E-state index contributed by atoms with van der Waals surface area (Å²) in [6, 6.07) is 12.1. The summed E-state index contributed by atoms with van der Waals surface area (Å²) in [4.78, 5) is 22.6. The number of hydrogen-bond acceptors (Lipinski definition) is 5. The van der Waals surface area contributed by atoms with E-state index < -0.39 is 22.0 Å². The molecule has 8 heteroatoms. The van der Waals surface area contributed by atoms with Crippen molar-refractivity contribution < 1.29 is 27.9 Å². The molecule has 0 aliphatic heterocycles. The van der Waals surface area contributed by atoms with Crippen LogP contribution in [0.1, 0.15) is 29.3 Å². The van der Waals surface area contributed by atoms with E-state index in [0.29, 0.717) is 6.42 Å². The summed E-state index contributed by atoms with van der Waals surface area (Å²) in [7, 11) is -3.91. The van der Waals surface area contributed by atoms with Crippen LogP contribution < -0.4 is 4.72 Å². The van der Waals surface area contributed by atoms with E-state index in [0.717, 1.165) is 5.56 Å². The van der Waals surface area contributed by atoms with Crippen LogP contribution in [0.25, 0.3) is 0 Å². The van der Waals surface area contributed by atoms with Crippen LogP contribution in [-0.4, -0.2) is 32.1 Å². The summed E-state index contributed by atoms with van der Waals surface area (Å²) in [5.74, 6) is -1.53. The number of carbonyl (C=O) groups is 2. The summed E-state index contributed by atoms with van der Waals surface area (Å²) in [5.41, 5.74) is 0.968. The van der Waals surface area contributed by atoms with Crippen LogP contribution in [0.15, 0.2) is 53.4 Å². The van der Waals surface area contributed by atoms with Crippen molar-refractivity contribution in [1.29, 1.82) is 0 Å². The summed E-state index contributed by atoms with van der Waals surface area (Å²) >= 11 is 0. The van der Waals surface area contributed by atoms with Crippen molar-refractivity contribution in [3.05, 3.63) is 59.7 Å². The summed E-state index contributed by atoms with van der Waals surface area (Å²) in [6.45, 7) is 1.84. The molecular weight excluding hydrogens is 358 g/mol. The molecule has 0 radical (unpaired) electrons. The highest BCUT2D eigenvalue weighted by atomic mass is 32.2. The number of aryl methyl sites for hydroxylation is 1. The number of anilines is 1. The second-order valence-corrected chi connectivity index (χ2v) is 7.09. The molecule has 0 amide bonds. The quantitative estimate of drug-likeness (QED) is 0.685. The SMILES string of the molecule is CCOC(=O)c1ccccc1NS(=O)(=O)c1ccc(CCC(=O)O)cc1. The number of carbonyl (C=O) groups excluding carboxylic acids is 1. The van der Waals surface area contributed by atoms with E-state index in [-0.39, 0.29) is 29.2 Å². The van der Waals surface area contributed by atoms with Crippen molar-refractivity contribution in [2.45, 2.75) is 24.7 Å². The molecule has 2 N–H and O–H groups in total. The van der Waals surface area contributed by atoms with Crippen LogP contribution >= 0.6 is 0 Å². The van der Waals surface area contributed by atoms with Crippen molar-refractivity contribution in [3.8, 4) is 0 Å². The van der Waals surface area contributed by atoms with E-state index >= 15 is 0 Å². The Morgan fingerprint density at radius 2 is 1.73 bits per heavy atom. The van der Waals surface area contributed by atoms with Gasteiger partial charge in [0, 0.05) is 6.42 Å². The molecule has 0 unspecified atom stereocenters. The lowest BCUT2D eigenvalue weighted by atomic mass is 10.1. The highest BCUT2D eigenvalue weighted by molar-refractivity contribution is 7.92. The highest BCUT2D eigenvalue weighted by Crippen LogP contribution is 2.21. The molecule has 0 aromatic heterocycles. The van der Waals surface area contributed by atoms with Gasteiger partial charge in [-0.2, -0.15) is 0 Å². The molecule has 0 aliphatic carbocycles. The van der Waals surface area contributed by atoms with Gasteiger partial charge in [0.05, 0.1) is 22.8 Å². The van der Waals surface area contributed by atoms with Gasteiger partial charge in [-0.3, -0.25) is 9.52 Å².